The first-order chi connectivity index (χ1) is 8.65. The van der Waals surface area contributed by atoms with E-state index < -0.39 is 0 Å². The van der Waals surface area contributed by atoms with Gasteiger partial charge in [-0.25, -0.2) is 9.97 Å². The summed E-state index contributed by atoms with van der Waals surface area (Å²) in [5.41, 5.74) is 7.92. The van der Waals surface area contributed by atoms with Gasteiger partial charge in [-0.15, -0.1) is 0 Å². The van der Waals surface area contributed by atoms with E-state index in [2.05, 4.69) is 28.4 Å². The third kappa shape index (κ3) is 1.85. The lowest BCUT2D eigenvalue weighted by Gasteiger charge is -2.32. The average Bonchev–Trinajstić information content (AvgIpc) is 2.63. The van der Waals surface area contributed by atoms with Crippen LogP contribution in [0.25, 0.3) is 11.2 Å². The number of fused-ring (bicyclic) bond motifs is 1. The number of pyridine rings is 1. The zero-order valence-electron chi connectivity index (χ0n) is 11.0. The molecule has 0 aliphatic heterocycles. The number of nitrogen functional groups attached to an aromatic ring is 1. The average molecular weight is 244 g/mol. The van der Waals surface area contributed by atoms with Crippen LogP contribution in [0.2, 0.25) is 0 Å². The standard InChI is InChI=1S/C14H20N4/c1-9-6-10(2)8-11(7-9)18-13-12(17-14(18)15)4-3-5-16-13/h3-5,9-11H,6-8H2,1-2H3,(H2,15,17). The minimum absolute atomic E-state index is 0.448. The highest BCUT2D eigenvalue weighted by atomic mass is 15.2. The van der Waals surface area contributed by atoms with E-state index in [0.717, 1.165) is 23.0 Å². The van der Waals surface area contributed by atoms with E-state index in [9.17, 15) is 0 Å². The normalized spacial score (nSPS) is 28.7. The highest BCUT2D eigenvalue weighted by Gasteiger charge is 2.27. The Labute approximate surface area is 107 Å². The lowest BCUT2D eigenvalue weighted by atomic mass is 9.80. The van der Waals surface area contributed by atoms with Crippen LogP contribution in [0.4, 0.5) is 5.95 Å². The molecule has 0 amide bonds. The van der Waals surface area contributed by atoms with E-state index in [4.69, 9.17) is 5.73 Å². The van der Waals surface area contributed by atoms with Gasteiger partial charge in [-0.05, 0) is 43.2 Å². The van der Waals surface area contributed by atoms with Crippen LogP contribution in [0, 0.1) is 11.8 Å². The number of imidazole rings is 1. The molecule has 0 bridgehead atoms. The molecule has 2 heterocycles. The minimum Gasteiger partial charge on any atom is -0.369 e. The van der Waals surface area contributed by atoms with Gasteiger partial charge in [0.15, 0.2) is 5.65 Å². The van der Waals surface area contributed by atoms with Crippen LogP contribution < -0.4 is 5.73 Å². The molecule has 0 aromatic carbocycles. The molecule has 1 saturated carbocycles. The number of hydrogen-bond donors (Lipinski definition) is 1. The molecule has 1 aliphatic rings. The van der Waals surface area contributed by atoms with Crippen LogP contribution in [0.1, 0.15) is 39.2 Å². The number of rotatable bonds is 1. The highest BCUT2D eigenvalue weighted by Crippen LogP contribution is 2.38. The van der Waals surface area contributed by atoms with Crippen LogP contribution >= 0.6 is 0 Å². The first-order valence-corrected chi connectivity index (χ1v) is 6.73. The molecule has 4 heteroatoms. The van der Waals surface area contributed by atoms with Gasteiger partial charge >= 0.3 is 0 Å². The Kier molecular flexibility index (Phi) is 2.73. The molecule has 1 fully saturated rings. The van der Waals surface area contributed by atoms with Crippen molar-refractivity contribution in [2.24, 2.45) is 11.8 Å². The van der Waals surface area contributed by atoms with Crippen LogP contribution in [0.5, 0.6) is 0 Å². The predicted molar refractivity (Wildman–Crippen MR) is 73.2 cm³/mol. The van der Waals surface area contributed by atoms with Crippen molar-refractivity contribution in [1.29, 1.82) is 0 Å². The van der Waals surface area contributed by atoms with Gasteiger partial charge in [0.2, 0.25) is 5.95 Å². The molecular formula is C14H20N4. The summed E-state index contributed by atoms with van der Waals surface area (Å²) >= 11 is 0. The molecule has 2 atom stereocenters. The Balaban J connectivity index is 2.05. The quantitative estimate of drug-likeness (QED) is 0.839. The van der Waals surface area contributed by atoms with Gasteiger partial charge in [-0.1, -0.05) is 13.8 Å². The second-order valence-corrected chi connectivity index (χ2v) is 5.76. The molecule has 0 spiro atoms. The summed E-state index contributed by atoms with van der Waals surface area (Å²) in [6.07, 6.45) is 5.49. The Hall–Kier alpha value is -1.58. The Bertz CT molecular complexity index is 550. The predicted octanol–water partition coefficient (Wildman–Crippen LogP) is 3.01. The maximum absolute atomic E-state index is 6.09. The van der Waals surface area contributed by atoms with Gasteiger partial charge in [0.05, 0.1) is 0 Å². The smallest absolute Gasteiger partial charge is 0.202 e. The Morgan fingerprint density at radius 3 is 2.67 bits per heavy atom. The third-order valence-corrected chi connectivity index (χ3v) is 3.99. The summed E-state index contributed by atoms with van der Waals surface area (Å²) in [5.74, 6) is 2.11. The van der Waals surface area contributed by atoms with Gasteiger partial charge in [0.25, 0.3) is 0 Å². The molecule has 1 aliphatic carbocycles. The van der Waals surface area contributed by atoms with Crippen molar-refractivity contribution in [3.63, 3.8) is 0 Å². The monoisotopic (exact) mass is 244 g/mol. The fraction of sp³-hybridized carbons (Fsp3) is 0.571. The van der Waals surface area contributed by atoms with Crippen LogP contribution in [0.3, 0.4) is 0 Å². The summed E-state index contributed by atoms with van der Waals surface area (Å²) in [7, 11) is 0. The van der Waals surface area contributed by atoms with Crippen LogP contribution in [0.15, 0.2) is 18.3 Å². The van der Waals surface area contributed by atoms with E-state index in [1.54, 1.807) is 0 Å². The molecule has 2 N–H and O–H groups in total. The highest BCUT2D eigenvalue weighted by molar-refractivity contribution is 5.73. The van der Waals surface area contributed by atoms with E-state index in [-0.39, 0.29) is 0 Å². The van der Waals surface area contributed by atoms with Gasteiger partial charge in [-0.2, -0.15) is 0 Å². The zero-order chi connectivity index (χ0) is 12.7. The fourth-order valence-corrected chi connectivity index (χ4v) is 3.42. The zero-order valence-corrected chi connectivity index (χ0v) is 11.0. The van der Waals surface area contributed by atoms with Crippen molar-refractivity contribution in [2.45, 2.75) is 39.2 Å². The molecular weight excluding hydrogens is 224 g/mol. The molecule has 0 radical (unpaired) electrons. The van der Waals surface area contributed by atoms with Crippen molar-refractivity contribution in [1.82, 2.24) is 14.5 Å². The van der Waals surface area contributed by atoms with Crippen LogP contribution in [-0.4, -0.2) is 14.5 Å². The molecule has 2 unspecified atom stereocenters. The van der Waals surface area contributed by atoms with Gasteiger partial charge < -0.3 is 5.73 Å². The summed E-state index contributed by atoms with van der Waals surface area (Å²) in [6, 6.07) is 4.33. The molecule has 3 rings (SSSR count). The van der Waals surface area contributed by atoms with Crippen molar-refractivity contribution >= 4 is 17.1 Å². The van der Waals surface area contributed by atoms with Crippen molar-refractivity contribution in [3.05, 3.63) is 18.3 Å². The molecule has 2 aromatic heterocycles. The number of nitrogens with two attached hydrogens (primary N) is 1. The maximum atomic E-state index is 6.09. The summed E-state index contributed by atoms with van der Waals surface area (Å²) < 4.78 is 2.14. The maximum Gasteiger partial charge on any atom is 0.202 e. The van der Waals surface area contributed by atoms with E-state index in [1.165, 1.54) is 19.3 Å². The number of anilines is 1. The molecule has 96 valence electrons. The molecule has 18 heavy (non-hydrogen) atoms. The summed E-state index contributed by atoms with van der Waals surface area (Å²) in [6.45, 7) is 4.65. The first-order valence-electron chi connectivity index (χ1n) is 6.73. The SMILES string of the molecule is CC1CC(C)CC(n2c(N)nc3cccnc32)C1. The summed E-state index contributed by atoms with van der Waals surface area (Å²) in [4.78, 5) is 8.86. The van der Waals surface area contributed by atoms with Gasteiger partial charge in [0, 0.05) is 12.2 Å². The molecule has 4 nitrogen and oxygen atoms in total. The van der Waals surface area contributed by atoms with Crippen molar-refractivity contribution in [3.8, 4) is 0 Å². The second-order valence-electron chi connectivity index (χ2n) is 5.76. The van der Waals surface area contributed by atoms with Crippen LogP contribution in [-0.2, 0) is 0 Å². The van der Waals surface area contributed by atoms with Crippen molar-refractivity contribution < 1.29 is 0 Å². The van der Waals surface area contributed by atoms with Crippen molar-refractivity contribution in [2.75, 3.05) is 5.73 Å². The number of nitrogens with zero attached hydrogens (tertiary/aromatic N) is 3. The Morgan fingerprint density at radius 2 is 1.94 bits per heavy atom. The molecule has 2 aromatic rings. The summed E-state index contributed by atoms with van der Waals surface area (Å²) in [5, 5.41) is 0. The fourth-order valence-electron chi connectivity index (χ4n) is 3.42. The van der Waals surface area contributed by atoms with E-state index in [1.807, 2.05) is 18.3 Å². The molecule has 0 saturated heterocycles. The second kappa shape index (κ2) is 4.26. The Morgan fingerprint density at radius 1 is 1.22 bits per heavy atom. The largest absolute Gasteiger partial charge is 0.369 e. The van der Waals surface area contributed by atoms with Gasteiger partial charge in [-0.3, -0.25) is 4.57 Å². The van der Waals surface area contributed by atoms with E-state index in [0.29, 0.717) is 12.0 Å². The number of hydrogen-bond acceptors (Lipinski definition) is 3. The van der Waals surface area contributed by atoms with Gasteiger partial charge in [0.1, 0.15) is 5.52 Å². The lowest BCUT2D eigenvalue weighted by Crippen LogP contribution is -2.23. The topological polar surface area (TPSA) is 56.7 Å². The number of aromatic nitrogens is 3. The third-order valence-electron chi connectivity index (χ3n) is 3.99. The lowest BCUT2D eigenvalue weighted by molar-refractivity contribution is 0.226. The van der Waals surface area contributed by atoms with E-state index >= 15 is 0 Å². The minimum atomic E-state index is 0.448. The first kappa shape index (κ1) is 11.5.